The second kappa shape index (κ2) is 9.06. The first-order valence-corrected chi connectivity index (χ1v) is 12.4. The predicted octanol–water partition coefficient (Wildman–Crippen LogP) is 4.83. The summed E-state index contributed by atoms with van der Waals surface area (Å²) >= 11 is 3.18. The summed E-state index contributed by atoms with van der Waals surface area (Å²) in [6, 6.07) is 12.8. The normalized spacial score (nSPS) is 20.9. The molecule has 2 aromatic carbocycles. The Morgan fingerprint density at radius 2 is 2.06 bits per heavy atom. The van der Waals surface area contributed by atoms with Crippen LogP contribution in [-0.2, 0) is 11.3 Å². The molecule has 2 N–H and O–H groups in total. The number of fused-ring (bicyclic) bond motifs is 2. The fraction of sp³-hybridized carbons (Fsp3) is 0.391. The number of anilines is 1. The molecule has 1 saturated carbocycles. The predicted molar refractivity (Wildman–Crippen MR) is 125 cm³/mol. The molecule has 2 heterocycles. The van der Waals surface area contributed by atoms with Gasteiger partial charge in [0.1, 0.15) is 17.4 Å². The number of methoxy groups -OCH3 is 1. The molecule has 1 fully saturated rings. The Bertz CT molecular complexity index is 1090. The van der Waals surface area contributed by atoms with Crippen molar-refractivity contribution in [3.63, 3.8) is 0 Å². The van der Waals surface area contributed by atoms with Crippen LogP contribution >= 0.6 is 23.1 Å². The molecule has 5 rings (SSSR count). The number of carbonyl (C=O) groups excluding carboxylic acids is 1. The number of carbonyl (C=O) groups is 1. The van der Waals surface area contributed by atoms with E-state index in [2.05, 4.69) is 33.8 Å². The standard InChI is InChI=1S/C23H25N3O3S2/c1-28-18-3-2-4-20-22(18)26-23(31-20)29-16-8-6-15(7-9-16)24-12-14-5-10-19-17(11-14)25-21(27)13-30-19/h2-5,10-11,15-16,24H,6-9,12-13H2,1H3,(H,25,27). The highest BCUT2D eigenvalue weighted by Crippen LogP contribution is 2.35. The van der Waals surface area contributed by atoms with E-state index in [4.69, 9.17) is 9.47 Å². The zero-order valence-electron chi connectivity index (χ0n) is 17.3. The lowest BCUT2D eigenvalue weighted by Crippen LogP contribution is -2.36. The van der Waals surface area contributed by atoms with Gasteiger partial charge in [-0.15, -0.1) is 11.8 Å². The number of nitrogens with zero attached hydrogens (tertiary/aromatic N) is 1. The molecule has 162 valence electrons. The minimum absolute atomic E-state index is 0.0764. The molecule has 1 aromatic heterocycles. The maximum atomic E-state index is 11.6. The number of ether oxygens (including phenoxy) is 2. The van der Waals surface area contributed by atoms with E-state index in [0.29, 0.717) is 11.8 Å². The minimum Gasteiger partial charge on any atom is -0.494 e. The SMILES string of the molecule is COc1cccc2sc(OC3CCC(NCc4ccc5c(c4)NC(=O)CS5)CC3)nc12. The van der Waals surface area contributed by atoms with Gasteiger partial charge in [0, 0.05) is 17.5 Å². The molecule has 0 unspecified atom stereocenters. The van der Waals surface area contributed by atoms with Gasteiger partial charge in [0.2, 0.25) is 5.91 Å². The van der Waals surface area contributed by atoms with Crippen molar-refractivity contribution in [1.82, 2.24) is 10.3 Å². The van der Waals surface area contributed by atoms with E-state index in [9.17, 15) is 4.79 Å². The zero-order chi connectivity index (χ0) is 21.2. The lowest BCUT2D eigenvalue weighted by Gasteiger charge is -2.29. The Hall–Kier alpha value is -2.29. The van der Waals surface area contributed by atoms with Crippen molar-refractivity contribution >= 4 is 44.9 Å². The summed E-state index contributed by atoms with van der Waals surface area (Å²) < 4.78 is 12.7. The molecule has 0 bridgehead atoms. The molecular formula is C23H25N3O3S2. The number of hydrogen-bond donors (Lipinski definition) is 2. The molecule has 1 aliphatic carbocycles. The molecule has 8 heteroatoms. The number of thiazole rings is 1. The van der Waals surface area contributed by atoms with Gasteiger partial charge in [0.25, 0.3) is 5.19 Å². The van der Waals surface area contributed by atoms with Crippen molar-refractivity contribution in [2.45, 2.75) is 49.3 Å². The summed E-state index contributed by atoms with van der Waals surface area (Å²) in [7, 11) is 1.67. The van der Waals surface area contributed by atoms with E-state index in [-0.39, 0.29) is 12.0 Å². The maximum Gasteiger partial charge on any atom is 0.274 e. The van der Waals surface area contributed by atoms with E-state index in [0.717, 1.165) is 64.0 Å². The van der Waals surface area contributed by atoms with Crippen molar-refractivity contribution in [3.05, 3.63) is 42.0 Å². The summed E-state index contributed by atoms with van der Waals surface area (Å²) in [6.45, 7) is 0.807. The summed E-state index contributed by atoms with van der Waals surface area (Å²) in [5.74, 6) is 1.37. The molecule has 31 heavy (non-hydrogen) atoms. The van der Waals surface area contributed by atoms with Crippen LogP contribution in [0.4, 0.5) is 5.69 Å². The largest absolute Gasteiger partial charge is 0.494 e. The highest BCUT2D eigenvalue weighted by molar-refractivity contribution is 8.00. The molecule has 0 radical (unpaired) electrons. The third-order valence-corrected chi connectivity index (χ3v) is 7.78. The average Bonchev–Trinajstić information content (AvgIpc) is 3.21. The van der Waals surface area contributed by atoms with Crippen LogP contribution in [-0.4, -0.2) is 35.9 Å². The van der Waals surface area contributed by atoms with Crippen molar-refractivity contribution in [1.29, 1.82) is 0 Å². The topological polar surface area (TPSA) is 72.5 Å². The van der Waals surface area contributed by atoms with Gasteiger partial charge in [-0.3, -0.25) is 4.79 Å². The molecular weight excluding hydrogens is 430 g/mol. The van der Waals surface area contributed by atoms with Gasteiger partial charge in [0.05, 0.1) is 23.2 Å². The molecule has 0 saturated heterocycles. The van der Waals surface area contributed by atoms with Crippen LogP contribution in [0.15, 0.2) is 41.3 Å². The van der Waals surface area contributed by atoms with Crippen LogP contribution in [0.5, 0.6) is 10.9 Å². The first kappa shape index (κ1) is 20.6. The van der Waals surface area contributed by atoms with Gasteiger partial charge in [0.15, 0.2) is 0 Å². The number of benzene rings is 2. The van der Waals surface area contributed by atoms with Gasteiger partial charge in [-0.05, 0) is 55.5 Å². The highest BCUT2D eigenvalue weighted by atomic mass is 32.2. The molecule has 0 spiro atoms. The summed E-state index contributed by atoms with van der Waals surface area (Å²) in [4.78, 5) is 17.4. The number of amides is 1. The second-order valence-corrected chi connectivity index (χ2v) is 9.94. The third-order valence-electron chi connectivity index (χ3n) is 5.80. The molecule has 0 atom stereocenters. The van der Waals surface area contributed by atoms with Crippen LogP contribution in [0, 0.1) is 0 Å². The second-order valence-electron chi connectivity index (χ2n) is 7.93. The Kier molecular flexibility index (Phi) is 6.02. The van der Waals surface area contributed by atoms with Crippen molar-refractivity contribution in [2.24, 2.45) is 0 Å². The van der Waals surface area contributed by atoms with Gasteiger partial charge in [-0.2, -0.15) is 4.98 Å². The van der Waals surface area contributed by atoms with E-state index in [1.54, 1.807) is 30.2 Å². The van der Waals surface area contributed by atoms with Crippen LogP contribution in [0.2, 0.25) is 0 Å². The monoisotopic (exact) mass is 455 g/mol. The fourth-order valence-electron chi connectivity index (χ4n) is 4.15. The number of thioether (sulfide) groups is 1. The molecule has 6 nitrogen and oxygen atoms in total. The third kappa shape index (κ3) is 4.66. The van der Waals surface area contributed by atoms with Crippen molar-refractivity contribution < 1.29 is 14.3 Å². The summed E-state index contributed by atoms with van der Waals surface area (Å²) in [6.07, 6.45) is 4.40. The minimum atomic E-state index is 0.0764. The Morgan fingerprint density at radius 3 is 2.90 bits per heavy atom. The van der Waals surface area contributed by atoms with E-state index in [1.807, 2.05) is 18.2 Å². The maximum absolute atomic E-state index is 11.6. The fourth-order valence-corrected chi connectivity index (χ4v) is 5.84. The van der Waals surface area contributed by atoms with Crippen LogP contribution in [0.25, 0.3) is 10.2 Å². The molecule has 3 aromatic rings. The van der Waals surface area contributed by atoms with Gasteiger partial charge in [-0.1, -0.05) is 23.5 Å². The van der Waals surface area contributed by atoms with Crippen LogP contribution < -0.4 is 20.1 Å². The molecule has 1 amide bonds. The first-order chi connectivity index (χ1) is 15.2. The van der Waals surface area contributed by atoms with E-state index >= 15 is 0 Å². The number of nitrogens with one attached hydrogen (secondary N) is 2. The number of aromatic nitrogens is 1. The lowest BCUT2D eigenvalue weighted by atomic mass is 9.93. The highest BCUT2D eigenvalue weighted by Gasteiger charge is 2.24. The van der Waals surface area contributed by atoms with Gasteiger partial charge in [-0.25, -0.2) is 0 Å². The zero-order valence-corrected chi connectivity index (χ0v) is 19.0. The Morgan fingerprint density at radius 1 is 1.19 bits per heavy atom. The summed E-state index contributed by atoms with van der Waals surface area (Å²) in [5.41, 5.74) is 3.01. The molecule has 1 aliphatic heterocycles. The number of para-hydroxylation sites is 1. The lowest BCUT2D eigenvalue weighted by molar-refractivity contribution is -0.113. The number of hydrogen-bond acceptors (Lipinski definition) is 7. The van der Waals surface area contributed by atoms with Gasteiger partial charge >= 0.3 is 0 Å². The Labute approximate surface area is 189 Å². The van der Waals surface area contributed by atoms with Crippen molar-refractivity contribution in [3.8, 4) is 10.9 Å². The summed E-state index contributed by atoms with van der Waals surface area (Å²) in [5, 5.41) is 7.37. The quantitative estimate of drug-likeness (QED) is 0.555. The van der Waals surface area contributed by atoms with E-state index in [1.165, 1.54) is 5.56 Å². The van der Waals surface area contributed by atoms with Crippen LogP contribution in [0.3, 0.4) is 0 Å². The van der Waals surface area contributed by atoms with Crippen LogP contribution in [0.1, 0.15) is 31.2 Å². The first-order valence-electron chi connectivity index (χ1n) is 10.6. The van der Waals surface area contributed by atoms with Crippen molar-refractivity contribution in [2.75, 3.05) is 18.2 Å². The van der Waals surface area contributed by atoms with E-state index < -0.39 is 0 Å². The van der Waals surface area contributed by atoms with Gasteiger partial charge < -0.3 is 20.1 Å². The smallest absolute Gasteiger partial charge is 0.274 e. The molecule has 2 aliphatic rings. The number of rotatable bonds is 6. The average molecular weight is 456 g/mol. The Balaban J connectivity index is 1.13.